The van der Waals surface area contributed by atoms with Crippen LogP contribution in [-0.2, 0) is 14.4 Å². The summed E-state index contributed by atoms with van der Waals surface area (Å²) in [7, 11) is 0. The highest BCUT2D eigenvalue weighted by molar-refractivity contribution is 8.15. The summed E-state index contributed by atoms with van der Waals surface area (Å²) in [5, 5.41) is 1.43. The summed E-state index contributed by atoms with van der Waals surface area (Å²) in [5.41, 5.74) is 9.99. The average Bonchev–Trinajstić information content (AvgIpc) is 2.11. The van der Waals surface area contributed by atoms with Crippen LogP contribution in [0.3, 0.4) is 0 Å². The number of rotatable bonds is 3. The van der Waals surface area contributed by atoms with Crippen LogP contribution in [0.5, 0.6) is 0 Å². The maximum Gasteiger partial charge on any atom is 0.240 e. The minimum atomic E-state index is -1.22. The lowest BCUT2D eigenvalue weighted by Crippen LogP contribution is -2.43. The first-order valence-electron chi connectivity index (χ1n) is 4.53. The van der Waals surface area contributed by atoms with E-state index in [9.17, 15) is 14.4 Å². The number of hydrogen-bond donors (Lipinski definition) is 3. The molecule has 5 N–H and O–H groups in total. The summed E-state index contributed by atoms with van der Waals surface area (Å²) in [4.78, 5) is 37.1. The predicted octanol–water partition coefficient (Wildman–Crippen LogP) is -1.68. The van der Waals surface area contributed by atoms with Crippen molar-refractivity contribution in [3.8, 4) is 0 Å². The SMILES string of the molecule is C[C@H]1CC(=O)NC(SC(C(N)=O)C(N)=O)=N1. The van der Waals surface area contributed by atoms with Gasteiger partial charge in [-0.05, 0) is 6.92 Å². The highest BCUT2D eigenvalue weighted by Crippen LogP contribution is 2.16. The molecule has 0 aromatic rings. The van der Waals surface area contributed by atoms with E-state index in [4.69, 9.17) is 11.5 Å². The van der Waals surface area contributed by atoms with Crippen molar-refractivity contribution in [1.29, 1.82) is 0 Å². The highest BCUT2D eigenvalue weighted by Gasteiger charge is 2.27. The van der Waals surface area contributed by atoms with Gasteiger partial charge in [0.15, 0.2) is 10.4 Å². The molecule has 1 aliphatic heterocycles. The van der Waals surface area contributed by atoms with Gasteiger partial charge in [-0.1, -0.05) is 11.8 Å². The molecule has 7 nitrogen and oxygen atoms in total. The molecule has 0 aliphatic carbocycles. The number of hydrogen-bond acceptors (Lipinski definition) is 5. The van der Waals surface area contributed by atoms with Gasteiger partial charge in [-0.15, -0.1) is 0 Å². The smallest absolute Gasteiger partial charge is 0.240 e. The molecule has 0 spiro atoms. The fourth-order valence-corrected chi connectivity index (χ4v) is 2.01. The molecule has 88 valence electrons. The molecular formula is C8H12N4O3S. The Bertz CT molecular complexity index is 354. The Kier molecular flexibility index (Phi) is 3.88. The topological polar surface area (TPSA) is 128 Å². The van der Waals surface area contributed by atoms with E-state index < -0.39 is 17.1 Å². The van der Waals surface area contributed by atoms with Gasteiger partial charge in [-0.3, -0.25) is 19.4 Å². The van der Waals surface area contributed by atoms with Gasteiger partial charge in [-0.2, -0.15) is 0 Å². The molecule has 0 bridgehead atoms. The fourth-order valence-electron chi connectivity index (χ4n) is 1.14. The van der Waals surface area contributed by atoms with Crippen LogP contribution >= 0.6 is 11.8 Å². The first-order chi connectivity index (χ1) is 7.40. The molecule has 3 amide bonds. The van der Waals surface area contributed by atoms with Crippen LogP contribution in [0.15, 0.2) is 4.99 Å². The summed E-state index contributed by atoms with van der Waals surface area (Å²) < 4.78 is 0. The first kappa shape index (κ1) is 12.5. The van der Waals surface area contributed by atoms with Crippen LogP contribution in [0.25, 0.3) is 0 Å². The standard InChI is InChI=1S/C8H12N4O3S/c1-3-2-4(13)12-8(11-3)16-5(6(9)14)7(10)15/h3,5H,2H2,1H3,(H2,9,14)(H2,10,15)(H,11,12,13)/t3-/m0/s1. The lowest BCUT2D eigenvalue weighted by atomic mass is 10.2. The zero-order valence-electron chi connectivity index (χ0n) is 8.60. The largest absolute Gasteiger partial charge is 0.368 e. The zero-order chi connectivity index (χ0) is 12.3. The summed E-state index contributed by atoms with van der Waals surface area (Å²) in [6, 6.07) is -0.183. The second kappa shape index (κ2) is 4.97. The molecule has 16 heavy (non-hydrogen) atoms. The van der Waals surface area contributed by atoms with Crippen molar-refractivity contribution in [1.82, 2.24) is 5.32 Å². The molecule has 1 heterocycles. The predicted molar refractivity (Wildman–Crippen MR) is 59.4 cm³/mol. The number of nitrogens with two attached hydrogens (primary N) is 2. The molecule has 8 heteroatoms. The second-order valence-corrected chi connectivity index (χ2v) is 4.43. The number of carbonyl (C=O) groups excluding carboxylic acids is 3. The lowest BCUT2D eigenvalue weighted by Gasteiger charge is -2.19. The molecule has 0 unspecified atom stereocenters. The Morgan fingerprint density at radius 1 is 1.50 bits per heavy atom. The lowest BCUT2D eigenvalue weighted by molar-refractivity contribution is -0.125. The Hall–Kier alpha value is -1.57. The van der Waals surface area contributed by atoms with Gasteiger partial charge in [-0.25, -0.2) is 0 Å². The maximum absolute atomic E-state index is 11.2. The van der Waals surface area contributed by atoms with Crippen molar-refractivity contribution in [3.63, 3.8) is 0 Å². The van der Waals surface area contributed by atoms with Crippen molar-refractivity contribution in [3.05, 3.63) is 0 Å². The minimum Gasteiger partial charge on any atom is -0.368 e. The van der Waals surface area contributed by atoms with Crippen LogP contribution in [0.2, 0.25) is 0 Å². The fraction of sp³-hybridized carbons (Fsp3) is 0.500. The maximum atomic E-state index is 11.2. The molecule has 0 radical (unpaired) electrons. The van der Waals surface area contributed by atoms with Crippen molar-refractivity contribution < 1.29 is 14.4 Å². The molecular weight excluding hydrogens is 232 g/mol. The van der Waals surface area contributed by atoms with Gasteiger partial charge in [0, 0.05) is 6.42 Å². The number of nitrogens with zero attached hydrogens (tertiary/aromatic N) is 1. The number of carbonyl (C=O) groups is 3. The second-order valence-electron chi connectivity index (χ2n) is 3.34. The number of primary amides is 2. The van der Waals surface area contributed by atoms with E-state index in [1.54, 1.807) is 6.92 Å². The summed E-state index contributed by atoms with van der Waals surface area (Å²) in [5.74, 6) is -1.92. The van der Waals surface area contributed by atoms with Crippen LogP contribution in [0, 0.1) is 0 Å². The number of thioether (sulfide) groups is 1. The van der Waals surface area contributed by atoms with Gasteiger partial charge in [0.25, 0.3) is 0 Å². The quantitative estimate of drug-likeness (QED) is 0.512. The van der Waals surface area contributed by atoms with E-state index in [1.807, 2.05) is 0 Å². The van der Waals surface area contributed by atoms with E-state index in [0.29, 0.717) is 0 Å². The molecule has 1 aliphatic rings. The van der Waals surface area contributed by atoms with Crippen molar-refractivity contribution >= 4 is 34.7 Å². The van der Waals surface area contributed by atoms with Gasteiger partial charge >= 0.3 is 0 Å². The van der Waals surface area contributed by atoms with Crippen LogP contribution < -0.4 is 16.8 Å². The van der Waals surface area contributed by atoms with Crippen LogP contribution in [-0.4, -0.2) is 34.2 Å². The van der Waals surface area contributed by atoms with Crippen LogP contribution in [0.4, 0.5) is 0 Å². The molecule has 1 atom stereocenters. The van der Waals surface area contributed by atoms with Gasteiger partial charge in [0.1, 0.15) is 0 Å². The third-order valence-corrected chi connectivity index (χ3v) is 2.94. The van der Waals surface area contributed by atoms with Gasteiger partial charge < -0.3 is 16.8 Å². The molecule has 0 saturated carbocycles. The average molecular weight is 244 g/mol. The number of aliphatic imine (C=N–C) groups is 1. The van der Waals surface area contributed by atoms with E-state index in [1.165, 1.54) is 0 Å². The molecule has 1 rings (SSSR count). The Balaban J connectivity index is 2.75. The van der Waals surface area contributed by atoms with E-state index in [0.717, 1.165) is 11.8 Å². The third-order valence-electron chi connectivity index (χ3n) is 1.81. The number of nitrogens with one attached hydrogen (secondary N) is 1. The Morgan fingerprint density at radius 3 is 2.50 bits per heavy atom. The molecule has 0 fully saturated rings. The zero-order valence-corrected chi connectivity index (χ0v) is 9.41. The highest BCUT2D eigenvalue weighted by atomic mass is 32.2. The van der Waals surface area contributed by atoms with Gasteiger partial charge in [0.2, 0.25) is 17.7 Å². The monoisotopic (exact) mass is 244 g/mol. The van der Waals surface area contributed by atoms with E-state index in [-0.39, 0.29) is 23.5 Å². The van der Waals surface area contributed by atoms with Crippen molar-refractivity contribution in [2.24, 2.45) is 16.5 Å². The first-order valence-corrected chi connectivity index (χ1v) is 5.41. The van der Waals surface area contributed by atoms with Gasteiger partial charge in [0.05, 0.1) is 6.04 Å². The number of amidine groups is 1. The third kappa shape index (κ3) is 3.23. The van der Waals surface area contributed by atoms with Crippen molar-refractivity contribution in [2.75, 3.05) is 0 Å². The summed E-state index contributed by atoms with van der Waals surface area (Å²) in [6.45, 7) is 1.75. The number of amides is 3. The summed E-state index contributed by atoms with van der Waals surface area (Å²) in [6.07, 6.45) is 0.280. The molecule has 0 saturated heterocycles. The molecule has 0 aromatic heterocycles. The van der Waals surface area contributed by atoms with E-state index >= 15 is 0 Å². The summed E-state index contributed by atoms with van der Waals surface area (Å²) >= 11 is 0.758. The van der Waals surface area contributed by atoms with Crippen LogP contribution in [0.1, 0.15) is 13.3 Å². The Morgan fingerprint density at radius 2 is 2.06 bits per heavy atom. The normalized spacial score (nSPS) is 20.2. The minimum absolute atomic E-state index is 0.183. The van der Waals surface area contributed by atoms with E-state index in [2.05, 4.69) is 10.3 Å². The Labute approximate surface area is 96.0 Å². The van der Waals surface area contributed by atoms with Crippen molar-refractivity contribution in [2.45, 2.75) is 24.6 Å². The molecule has 0 aromatic carbocycles.